The summed E-state index contributed by atoms with van der Waals surface area (Å²) in [5, 5.41) is 6.22. The van der Waals surface area contributed by atoms with Crippen molar-refractivity contribution >= 4 is 46.0 Å². The van der Waals surface area contributed by atoms with Gasteiger partial charge in [0.05, 0.1) is 35.6 Å². The molecule has 6 nitrogen and oxygen atoms in total. The van der Waals surface area contributed by atoms with Gasteiger partial charge in [-0.3, -0.25) is 4.79 Å². The van der Waals surface area contributed by atoms with E-state index in [9.17, 15) is 4.79 Å². The highest BCUT2D eigenvalue weighted by molar-refractivity contribution is 7.00. The molecule has 1 heterocycles. The number of hydrogen-bond donors (Lipinski definition) is 2. The molecule has 0 unspecified atom stereocenters. The van der Waals surface area contributed by atoms with E-state index in [1.807, 2.05) is 0 Å². The third kappa shape index (κ3) is 3.52. The molecule has 102 valence electrons. The van der Waals surface area contributed by atoms with Crippen molar-refractivity contribution in [1.82, 2.24) is 14.1 Å². The van der Waals surface area contributed by atoms with Gasteiger partial charge < -0.3 is 15.4 Å². The van der Waals surface area contributed by atoms with E-state index in [1.54, 1.807) is 19.2 Å². The summed E-state index contributed by atoms with van der Waals surface area (Å²) in [6.07, 6.45) is 0. The van der Waals surface area contributed by atoms with Gasteiger partial charge in [0.2, 0.25) is 5.91 Å². The van der Waals surface area contributed by atoms with Crippen LogP contribution in [0.25, 0.3) is 11.0 Å². The second-order valence-corrected chi connectivity index (χ2v) is 4.69. The lowest BCUT2D eigenvalue weighted by Crippen LogP contribution is -2.32. The van der Waals surface area contributed by atoms with Crippen molar-refractivity contribution in [2.24, 2.45) is 0 Å². The Bertz CT molecular complexity index is 575. The molecule has 1 aromatic heterocycles. The first-order valence-electron chi connectivity index (χ1n) is 5.62. The molecular weight excluding hydrogens is 288 g/mol. The van der Waals surface area contributed by atoms with E-state index in [1.165, 1.54) is 0 Å². The maximum Gasteiger partial charge on any atom is 0.239 e. The van der Waals surface area contributed by atoms with Crippen molar-refractivity contribution in [2.45, 2.75) is 0 Å². The Kier molecular flexibility index (Phi) is 4.89. The summed E-state index contributed by atoms with van der Waals surface area (Å²) in [7, 11) is 1.58. The molecule has 0 atom stereocenters. The molecule has 2 N–H and O–H groups in total. The molecule has 0 radical (unpaired) electrons. The van der Waals surface area contributed by atoms with Crippen LogP contribution in [0, 0.1) is 0 Å². The average Bonchev–Trinajstić information content (AvgIpc) is 2.86. The zero-order chi connectivity index (χ0) is 13.7. The predicted octanol–water partition coefficient (Wildman–Crippen LogP) is 1.52. The standard InChI is InChI=1S/C11H13ClN4O2S/c1-18-5-4-13-9(17)6-14-10-7(12)2-3-8-11(10)16-19-15-8/h2-3,14H,4-6H2,1H3,(H,13,17). The second kappa shape index (κ2) is 6.65. The van der Waals surface area contributed by atoms with Gasteiger partial charge >= 0.3 is 0 Å². The van der Waals surface area contributed by atoms with Crippen molar-refractivity contribution in [3.63, 3.8) is 0 Å². The van der Waals surface area contributed by atoms with Gasteiger partial charge in [-0.05, 0) is 12.1 Å². The van der Waals surface area contributed by atoms with Gasteiger partial charge in [-0.2, -0.15) is 8.75 Å². The van der Waals surface area contributed by atoms with Gasteiger partial charge in [0.25, 0.3) is 0 Å². The van der Waals surface area contributed by atoms with Crippen LogP contribution in [0.4, 0.5) is 5.69 Å². The molecule has 0 saturated heterocycles. The van der Waals surface area contributed by atoms with E-state index in [-0.39, 0.29) is 12.5 Å². The zero-order valence-electron chi connectivity index (χ0n) is 10.3. The summed E-state index contributed by atoms with van der Waals surface area (Å²) >= 11 is 7.20. The van der Waals surface area contributed by atoms with Crippen LogP contribution >= 0.6 is 23.3 Å². The minimum Gasteiger partial charge on any atom is -0.383 e. The number of hydrogen-bond acceptors (Lipinski definition) is 6. The molecule has 19 heavy (non-hydrogen) atoms. The fraction of sp³-hybridized carbons (Fsp3) is 0.364. The number of halogens is 1. The fourth-order valence-electron chi connectivity index (χ4n) is 1.52. The monoisotopic (exact) mass is 300 g/mol. The van der Waals surface area contributed by atoms with Crippen LogP contribution < -0.4 is 10.6 Å². The van der Waals surface area contributed by atoms with E-state index in [4.69, 9.17) is 16.3 Å². The molecule has 0 bridgehead atoms. The lowest BCUT2D eigenvalue weighted by Gasteiger charge is -2.09. The van der Waals surface area contributed by atoms with Crippen LogP contribution in [-0.4, -0.2) is 41.5 Å². The number of fused-ring (bicyclic) bond motifs is 1. The van der Waals surface area contributed by atoms with Crippen LogP contribution in [0.1, 0.15) is 0 Å². The highest BCUT2D eigenvalue weighted by atomic mass is 35.5. The molecule has 1 amide bonds. The lowest BCUT2D eigenvalue weighted by molar-refractivity contribution is -0.119. The minimum atomic E-state index is -0.131. The molecule has 0 aliphatic rings. The molecule has 0 aliphatic heterocycles. The summed E-state index contributed by atoms with van der Waals surface area (Å²) in [4.78, 5) is 11.6. The molecule has 2 aromatic rings. The van der Waals surface area contributed by atoms with Crippen molar-refractivity contribution < 1.29 is 9.53 Å². The van der Waals surface area contributed by atoms with Gasteiger partial charge in [-0.1, -0.05) is 11.6 Å². The number of aromatic nitrogens is 2. The topological polar surface area (TPSA) is 76.1 Å². The number of rotatable bonds is 6. The van der Waals surface area contributed by atoms with E-state index < -0.39 is 0 Å². The molecule has 0 fully saturated rings. The number of nitrogens with zero attached hydrogens (tertiary/aromatic N) is 2. The first kappa shape index (κ1) is 14.0. The van der Waals surface area contributed by atoms with Crippen molar-refractivity contribution in [3.05, 3.63) is 17.2 Å². The lowest BCUT2D eigenvalue weighted by atomic mass is 10.2. The van der Waals surface area contributed by atoms with Crippen LogP contribution in [0.15, 0.2) is 12.1 Å². The Morgan fingerprint density at radius 1 is 1.47 bits per heavy atom. The van der Waals surface area contributed by atoms with Crippen LogP contribution in [0.3, 0.4) is 0 Å². The maximum absolute atomic E-state index is 11.6. The molecule has 8 heteroatoms. The number of ether oxygens (including phenoxy) is 1. The highest BCUT2D eigenvalue weighted by Gasteiger charge is 2.10. The molecule has 0 aliphatic carbocycles. The number of benzene rings is 1. The van der Waals surface area contributed by atoms with Crippen molar-refractivity contribution in [1.29, 1.82) is 0 Å². The van der Waals surface area contributed by atoms with Gasteiger partial charge in [0.1, 0.15) is 11.0 Å². The fourth-order valence-corrected chi connectivity index (χ4v) is 2.28. The summed E-state index contributed by atoms with van der Waals surface area (Å²) in [6.45, 7) is 1.09. The maximum atomic E-state index is 11.6. The number of anilines is 1. The highest BCUT2D eigenvalue weighted by Crippen LogP contribution is 2.29. The third-order valence-electron chi connectivity index (χ3n) is 2.43. The van der Waals surface area contributed by atoms with Gasteiger partial charge in [0.15, 0.2) is 0 Å². The predicted molar refractivity (Wildman–Crippen MR) is 75.8 cm³/mol. The normalized spacial score (nSPS) is 10.6. The Hall–Kier alpha value is -1.44. The Balaban J connectivity index is 1.99. The third-order valence-corrected chi connectivity index (χ3v) is 3.29. The van der Waals surface area contributed by atoms with E-state index in [2.05, 4.69) is 19.4 Å². The second-order valence-electron chi connectivity index (χ2n) is 3.75. The molecule has 0 saturated carbocycles. The zero-order valence-corrected chi connectivity index (χ0v) is 11.8. The Morgan fingerprint density at radius 3 is 3.11 bits per heavy atom. The largest absolute Gasteiger partial charge is 0.383 e. The van der Waals surface area contributed by atoms with Crippen LogP contribution in [0.5, 0.6) is 0 Å². The number of carbonyl (C=O) groups is 1. The Morgan fingerprint density at radius 2 is 2.32 bits per heavy atom. The number of methoxy groups -OCH3 is 1. The van der Waals surface area contributed by atoms with Gasteiger partial charge in [-0.25, -0.2) is 0 Å². The van der Waals surface area contributed by atoms with Gasteiger partial charge in [0, 0.05) is 13.7 Å². The van der Waals surface area contributed by atoms with Crippen LogP contribution in [0.2, 0.25) is 5.02 Å². The first-order valence-corrected chi connectivity index (χ1v) is 6.73. The van der Waals surface area contributed by atoms with Crippen LogP contribution in [-0.2, 0) is 9.53 Å². The number of carbonyl (C=O) groups excluding carboxylic acids is 1. The average molecular weight is 301 g/mol. The smallest absolute Gasteiger partial charge is 0.239 e. The first-order chi connectivity index (χ1) is 9.22. The van der Waals surface area contributed by atoms with E-state index >= 15 is 0 Å². The SMILES string of the molecule is COCCNC(=O)CNc1c(Cl)ccc2nsnc12. The Labute approximate surface area is 119 Å². The van der Waals surface area contributed by atoms with E-state index in [0.717, 1.165) is 17.2 Å². The number of amides is 1. The summed E-state index contributed by atoms with van der Waals surface area (Å²) in [5.41, 5.74) is 2.08. The van der Waals surface area contributed by atoms with E-state index in [0.29, 0.717) is 29.4 Å². The molecular formula is C11H13ClN4O2S. The number of nitrogens with one attached hydrogen (secondary N) is 2. The molecule has 1 aromatic carbocycles. The quantitative estimate of drug-likeness (QED) is 0.791. The van der Waals surface area contributed by atoms with Gasteiger partial charge in [-0.15, -0.1) is 0 Å². The van der Waals surface area contributed by atoms with Crippen molar-refractivity contribution in [2.75, 3.05) is 32.1 Å². The molecule has 2 rings (SSSR count). The minimum absolute atomic E-state index is 0.125. The summed E-state index contributed by atoms with van der Waals surface area (Å²) in [6, 6.07) is 3.53. The molecule has 0 spiro atoms. The summed E-state index contributed by atoms with van der Waals surface area (Å²) < 4.78 is 13.1. The summed E-state index contributed by atoms with van der Waals surface area (Å²) in [5.74, 6) is -0.131. The van der Waals surface area contributed by atoms with Crippen molar-refractivity contribution in [3.8, 4) is 0 Å².